The van der Waals surface area contributed by atoms with Crippen LogP contribution in [0.3, 0.4) is 0 Å². The molecule has 2 aromatic rings. The second kappa shape index (κ2) is 12.1. The molecule has 31 heavy (non-hydrogen) atoms. The Hall–Kier alpha value is -2.91. The van der Waals surface area contributed by atoms with E-state index in [9.17, 15) is 5.26 Å². The first-order chi connectivity index (χ1) is 15.0. The van der Waals surface area contributed by atoms with Crippen LogP contribution in [0.2, 0.25) is 0 Å². The Morgan fingerprint density at radius 3 is 2.16 bits per heavy atom. The topological polar surface area (TPSA) is 72.7 Å². The van der Waals surface area contributed by atoms with Gasteiger partial charge in [-0.25, -0.2) is 0 Å². The Morgan fingerprint density at radius 1 is 0.903 bits per heavy atom. The summed E-state index contributed by atoms with van der Waals surface area (Å²) in [6.45, 7) is 6.32. The first-order valence-corrected chi connectivity index (χ1v) is 10.6. The van der Waals surface area contributed by atoms with Crippen LogP contribution in [-0.2, 0) is 5.41 Å². The SMILES string of the molecule is COc1ccc(OCCNCCCC(C#N)(c2ccc(OC)c(OC)c2)C(C)C)cc1. The monoisotopic (exact) mass is 426 g/mol. The second-order valence-corrected chi connectivity index (χ2v) is 7.69. The summed E-state index contributed by atoms with van der Waals surface area (Å²) in [5, 5.41) is 13.5. The fraction of sp³-hybridized carbons (Fsp3) is 0.480. The van der Waals surface area contributed by atoms with Crippen LogP contribution in [0.25, 0.3) is 0 Å². The van der Waals surface area contributed by atoms with Crippen molar-refractivity contribution in [2.45, 2.75) is 32.1 Å². The molecule has 1 N–H and O–H groups in total. The molecule has 0 amide bonds. The van der Waals surface area contributed by atoms with Crippen LogP contribution in [0.4, 0.5) is 0 Å². The zero-order valence-electron chi connectivity index (χ0n) is 19.2. The molecule has 0 aliphatic carbocycles. The highest BCUT2D eigenvalue weighted by Crippen LogP contribution is 2.40. The number of methoxy groups -OCH3 is 3. The summed E-state index contributed by atoms with van der Waals surface area (Å²) in [5.74, 6) is 3.11. The third-order valence-electron chi connectivity index (χ3n) is 5.62. The fourth-order valence-corrected chi connectivity index (χ4v) is 3.66. The maximum absolute atomic E-state index is 10.1. The molecule has 0 aliphatic rings. The average molecular weight is 427 g/mol. The number of nitrogens with one attached hydrogen (secondary N) is 1. The number of rotatable bonds is 13. The molecule has 0 bridgehead atoms. The Kier molecular flexibility index (Phi) is 9.48. The molecule has 168 valence electrons. The van der Waals surface area contributed by atoms with Gasteiger partial charge >= 0.3 is 0 Å². The first kappa shape index (κ1) is 24.4. The summed E-state index contributed by atoms with van der Waals surface area (Å²) in [7, 11) is 4.87. The van der Waals surface area contributed by atoms with Gasteiger partial charge in [0.1, 0.15) is 18.1 Å². The van der Waals surface area contributed by atoms with E-state index < -0.39 is 5.41 Å². The van der Waals surface area contributed by atoms with Crippen molar-refractivity contribution < 1.29 is 18.9 Å². The van der Waals surface area contributed by atoms with E-state index in [0.717, 1.165) is 43.0 Å². The normalized spacial score (nSPS) is 12.7. The van der Waals surface area contributed by atoms with Crippen LogP contribution in [0.1, 0.15) is 32.3 Å². The molecule has 0 fully saturated rings. The Labute approximate surface area is 186 Å². The average Bonchev–Trinajstić information content (AvgIpc) is 2.80. The van der Waals surface area contributed by atoms with Crippen LogP contribution in [0, 0.1) is 17.2 Å². The van der Waals surface area contributed by atoms with E-state index in [4.69, 9.17) is 18.9 Å². The van der Waals surface area contributed by atoms with E-state index >= 15 is 0 Å². The van der Waals surface area contributed by atoms with Gasteiger partial charge in [0.2, 0.25) is 0 Å². The predicted molar refractivity (Wildman–Crippen MR) is 122 cm³/mol. The number of nitrogens with zero attached hydrogens (tertiary/aromatic N) is 1. The molecule has 2 aromatic carbocycles. The lowest BCUT2D eigenvalue weighted by atomic mass is 9.70. The maximum atomic E-state index is 10.1. The maximum Gasteiger partial charge on any atom is 0.161 e. The fourth-order valence-electron chi connectivity index (χ4n) is 3.66. The molecular weight excluding hydrogens is 392 g/mol. The molecule has 0 radical (unpaired) electrons. The van der Waals surface area contributed by atoms with Gasteiger partial charge in [-0.1, -0.05) is 19.9 Å². The van der Waals surface area contributed by atoms with Gasteiger partial charge in [-0.15, -0.1) is 0 Å². The van der Waals surface area contributed by atoms with Gasteiger partial charge in [0, 0.05) is 6.54 Å². The van der Waals surface area contributed by atoms with Crippen molar-refractivity contribution in [2.24, 2.45) is 5.92 Å². The van der Waals surface area contributed by atoms with E-state index in [1.54, 1.807) is 21.3 Å². The first-order valence-electron chi connectivity index (χ1n) is 10.6. The van der Waals surface area contributed by atoms with Crippen molar-refractivity contribution in [3.63, 3.8) is 0 Å². The lowest BCUT2D eigenvalue weighted by Gasteiger charge is -2.32. The molecule has 0 spiro atoms. The predicted octanol–water partition coefficient (Wildman–Crippen LogP) is 4.58. The van der Waals surface area contributed by atoms with Gasteiger partial charge < -0.3 is 24.3 Å². The minimum atomic E-state index is -0.583. The van der Waals surface area contributed by atoms with E-state index in [1.165, 1.54) is 0 Å². The van der Waals surface area contributed by atoms with Crippen LogP contribution >= 0.6 is 0 Å². The summed E-state index contributed by atoms with van der Waals surface area (Å²) in [6, 6.07) is 15.9. The molecule has 0 saturated carbocycles. The van der Waals surface area contributed by atoms with Crippen molar-refractivity contribution in [3.05, 3.63) is 48.0 Å². The summed E-state index contributed by atoms with van der Waals surface area (Å²) in [5.41, 5.74) is 0.381. The van der Waals surface area contributed by atoms with Crippen LogP contribution in [-0.4, -0.2) is 41.0 Å². The number of hydrogen-bond acceptors (Lipinski definition) is 6. The molecule has 6 nitrogen and oxygen atoms in total. The highest BCUT2D eigenvalue weighted by molar-refractivity contribution is 5.47. The molecular formula is C25H34N2O4. The highest BCUT2D eigenvalue weighted by Gasteiger charge is 2.36. The van der Waals surface area contributed by atoms with Crippen molar-refractivity contribution in [2.75, 3.05) is 41.0 Å². The minimum Gasteiger partial charge on any atom is -0.497 e. The number of benzene rings is 2. The van der Waals surface area contributed by atoms with Gasteiger partial charge in [-0.05, 0) is 67.3 Å². The van der Waals surface area contributed by atoms with Crippen molar-refractivity contribution in [1.29, 1.82) is 5.26 Å². The Bertz CT molecular complexity index is 846. The standard InChI is InChI=1S/C25H34N2O4/c1-19(2)25(18-26,20-7-12-23(29-4)24(17-20)30-5)13-6-14-27-15-16-31-22-10-8-21(28-3)9-11-22/h7-12,17,19,27H,6,13-16H2,1-5H3. The Balaban J connectivity index is 1.87. The highest BCUT2D eigenvalue weighted by atomic mass is 16.5. The zero-order valence-corrected chi connectivity index (χ0v) is 19.2. The zero-order chi connectivity index (χ0) is 22.7. The summed E-state index contributed by atoms with van der Waals surface area (Å²) < 4.78 is 21.7. The molecule has 0 heterocycles. The lowest BCUT2D eigenvalue weighted by Crippen LogP contribution is -2.32. The second-order valence-electron chi connectivity index (χ2n) is 7.69. The van der Waals surface area contributed by atoms with Crippen LogP contribution in [0.5, 0.6) is 23.0 Å². The quantitative estimate of drug-likeness (QED) is 0.473. The lowest BCUT2D eigenvalue weighted by molar-refractivity contribution is 0.308. The smallest absolute Gasteiger partial charge is 0.161 e. The van der Waals surface area contributed by atoms with E-state index in [1.807, 2.05) is 42.5 Å². The molecule has 2 rings (SSSR count). The molecule has 0 saturated heterocycles. The van der Waals surface area contributed by atoms with Crippen LogP contribution in [0.15, 0.2) is 42.5 Å². The van der Waals surface area contributed by atoms with Gasteiger partial charge in [-0.2, -0.15) is 5.26 Å². The summed E-state index contributed by atoms with van der Waals surface area (Å²) in [4.78, 5) is 0. The molecule has 1 atom stereocenters. The number of hydrogen-bond donors (Lipinski definition) is 1. The summed E-state index contributed by atoms with van der Waals surface area (Å²) >= 11 is 0. The molecule has 0 aliphatic heterocycles. The van der Waals surface area contributed by atoms with Gasteiger partial charge in [0.05, 0.1) is 32.8 Å². The van der Waals surface area contributed by atoms with Crippen molar-refractivity contribution in [1.82, 2.24) is 5.32 Å². The minimum absolute atomic E-state index is 0.161. The van der Waals surface area contributed by atoms with E-state index in [2.05, 4.69) is 25.2 Å². The third-order valence-corrected chi connectivity index (χ3v) is 5.62. The molecule has 6 heteroatoms. The molecule has 1 unspecified atom stereocenters. The van der Waals surface area contributed by atoms with Crippen molar-refractivity contribution in [3.8, 4) is 29.1 Å². The van der Waals surface area contributed by atoms with E-state index in [0.29, 0.717) is 18.1 Å². The van der Waals surface area contributed by atoms with Gasteiger partial charge in [0.25, 0.3) is 0 Å². The van der Waals surface area contributed by atoms with E-state index in [-0.39, 0.29) is 5.92 Å². The van der Waals surface area contributed by atoms with Gasteiger partial charge in [-0.3, -0.25) is 0 Å². The third kappa shape index (κ3) is 6.28. The van der Waals surface area contributed by atoms with Crippen LogP contribution < -0.4 is 24.3 Å². The molecule has 0 aromatic heterocycles. The Morgan fingerprint density at radius 2 is 1.58 bits per heavy atom. The number of nitriles is 1. The van der Waals surface area contributed by atoms with Gasteiger partial charge in [0.15, 0.2) is 11.5 Å². The van der Waals surface area contributed by atoms with Crippen molar-refractivity contribution >= 4 is 0 Å². The number of ether oxygens (including phenoxy) is 4. The summed E-state index contributed by atoms with van der Waals surface area (Å²) in [6.07, 6.45) is 1.63. The largest absolute Gasteiger partial charge is 0.497 e.